The van der Waals surface area contributed by atoms with Gasteiger partial charge in [-0.2, -0.15) is 9.97 Å². The van der Waals surface area contributed by atoms with Gasteiger partial charge in [-0.3, -0.25) is 4.57 Å². The molecule has 4 heterocycles. The minimum atomic E-state index is 0.507. The van der Waals surface area contributed by atoms with Crippen molar-refractivity contribution >= 4 is 64.4 Å². The highest BCUT2D eigenvalue weighted by atomic mass is 32.1. The maximum Gasteiger partial charge on any atom is 0.238 e. The molecular weight excluding hydrogens is 671 g/mol. The third-order valence-electron chi connectivity index (χ3n) is 9.92. The van der Waals surface area contributed by atoms with E-state index in [2.05, 4.69) is 120 Å². The first-order chi connectivity index (χ1) is 26.3. The third kappa shape index (κ3) is 4.79. The van der Waals surface area contributed by atoms with E-state index >= 15 is 0 Å². The van der Waals surface area contributed by atoms with Crippen molar-refractivity contribution < 1.29 is 4.42 Å². The molecule has 0 saturated carbocycles. The summed E-state index contributed by atoms with van der Waals surface area (Å²) < 4.78 is 11.1. The fourth-order valence-electron chi connectivity index (χ4n) is 7.50. The first-order valence-corrected chi connectivity index (χ1v) is 18.3. The van der Waals surface area contributed by atoms with Crippen molar-refractivity contribution in [1.82, 2.24) is 24.5 Å². The maximum atomic E-state index is 6.50. The normalized spacial score (nSPS) is 11.8. The zero-order chi connectivity index (χ0) is 34.9. The lowest BCUT2D eigenvalue weighted by molar-refractivity contribution is 0.620. The van der Waals surface area contributed by atoms with E-state index in [0.29, 0.717) is 29.1 Å². The highest BCUT2D eigenvalue weighted by Crippen LogP contribution is 2.40. The summed E-state index contributed by atoms with van der Waals surface area (Å²) >= 11 is 1.78. The molecule has 7 aromatic carbocycles. The Balaban J connectivity index is 1.19. The predicted octanol–water partition coefficient (Wildman–Crippen LogP) is 12.1. The van der Waals surface area contributed by atoms with Gasteiger partial charge in [-0.1, -0.05) is 115 Å². The number of rotatable bonds is 5. The van der Waals surface area contributed by atoms with Crippen molar-refractivity contribution in [3.05, 3.63) is 164 Å². The quantitative estimate of drug-likeness (QED) is 0.179. The summed E-state index contributed by atoms with van der Waals surface area (Å²) in [6.07, 6.45) is 0. The summed E-state index contributed by atoms with van der Waals surface area (Å²) in [6.45, 7) is 0. The monoisotopic (exact) mass is 697 g/mol. The van der Waals surface area contributed by atoms with E-state index in [9.17, 15) is 0 Å². The molecule has 0 amide bonds. The summed E-state index contributed by atoms with van der Waals surface area (Å²) in [4.78, 5) is 20.6. The van der Waals surface area contributed by atoms with Crippen molar-refractivity contribution in [3.8, 4) is 51.3 Å². The van der Waals surface area contributed by atoms with Crippen LogP contribution in [0.2, 0.25) is 0 Å². The largest absolute Gasteiger partial charge is 0.435 e. The summed E-state index contributed by atoms with van der Waals surface area (Å²) in [5.41, 5.74) is 8.26. The van der Waals surface area contributed by atoms with E-state index in [1.807, 2.05) is 48.5 Å². The van der Waals surface area contributed by atoms with Crippen molar-refractivity contribution in [2.45, 2.75) is 0 Å². The number of aromatic nitrogens is 5. The van der Waals surface area contributed by atoms with Crippen LogP contribution in [0, 0.1) is 0 Å². The molecule has 53 heavy (non-hydrogen) atoms. The van der Waals surface area contributed by atoms with E-state index in [4.69, 9.17) is 24.4 Å². The second-order valence-electron chi connectivity index (χ2n) is 13.0. The Morgan fingerprint density at radius 1 is 0.453 bits per heavy atom. The molecule has 0 unspecified atom stereocenters. The fourth-order valence-corrected chi connectivity index (χ4v) is 8.65. The molecule has 0 spiro atoms. The molecule has 248 valence electrons. The van der Waals surface area contributed by atoms with Crippen LogP contribution >= 0.6 is 11.3 Å². The number of fused-ring (bicyclic) bond motifs is 7. The van der Waals surface area contributed by atoms with Crippen LogP contribution in [-0.2, 0) is 0 Å². The van der Waals surface area contributed by atoms with Gasteiger partial charge in [0.2, 0.25) is 11.8 Å². The second kappa shape index (κ2) is 11.8. The highest BCUT2D eigenvalue weighted by molar-refractivity contribution is 7.25. The van der Waals surface area contributed by atoms with Crippen molar-refractivity contribution in [2.24, 2.45) is 0 Å². The van der Waals surface area contributed by atoms with Crippen LogP contribution in [0.15, 0.2) is 168 Å². The minimum absolute atomic E-state index is 0.507. The molecular formula is C46H27N5OS. The first kappa shape index (κ1) is 29.7. The fraction of sp³-hybridized carbons (Fsp3) is 0. The zero-order valence-corrected chi connectivity index (χ0v) is 29.0. The minimum Gasteiger partial charge on any atom is -0.435 e. The second-order valence-corrected chi connectivity index (χ2v) is 14.1. The Hall–Kier alpha value is -6.96. The molecule has 11 rings (SSSR count). The number of oxazole rings is 1. The number of hydrogen-bond donors (Lipinski definition) is 0. The molecule has 0 fully saturated rings. The predicted molar refractivity (Wildman–Crippen MR) is 216 cm³/mol. The van der Waals surface area contributed by atoms with Crippen molar-refractivity contribution in [3.63, 3.8) is 0 Å². The Morgan fingerprint density at radius 2 is 1.13 bits per heavy atom. The standard InChI is InChI=1S/C46H27N5OS/c1-3-13-28(14-4-1)31-19-12-23-38-41(31)34-18-7-9-22-37(34)51(38)46-49-43(30-25-26-33-32-17-8-10-24-39(32)53-40(33)27-30)48-44(50-46)35-20-11-21-36-42(35)52-45(47-36)29-15-5-2-6-16-29/h1-27H. The van der Waals surface area contributed by atoms with Gasteiger partial charge in [-0.05, 0) is 59.7 Å². The number of para-hydroxylation sites is 2. The third-order valence-corrected chi connectivity index (χ3v) is 11.1. The van der Waals surface area contributed by atoms with Crippen LogP contribution in [0.1, 0.15) is 0 Å². The zero-order valence-electron chi connectivity index (χ0n) is 28.1. The lowest BCUT2D eigenvalue weighted by Gasteiger charge is -2.11. The summed E-state index contributed by atoms with van der Waals surface area (Å²) in [6, 6.07) is 56.4. The number of hydrogen-bond acceptors (Lipinski definition) is 6. The number of nitrogens with zero attached hydrogens (tertiary/aromatic N) is 5. The Bertz CT molecular complexity index is 3180. The molecule has 0 aliphatic rings. The van der Waals surface area contributed by atoms with Gasteiger partial charge in [-0.15, -0.1) is 11.3 Å². The van der Waals surface area contributed by atoms with Gasteiger partial charge in [-0.25, -0.2) is 9.97 Å². The van der Waals surface area contributed by atoms with E-state index in [1.165, 1.54) is 20.2 Å². The Morgan fingerprint density at radius 3 is 2.00 bits per heavy atom. The molecule has 6 nitrogen and oxygen atoms in total. The van der Waals surface area contributed by atoms with Gasteiger partial charge in [0.1, 0.15) is 5.52 Å². The van der Waals surface area contributed by atoms with Crippen LogP contribution in [0.25, 0.3) is 104 Å². The Kier molecular flexibility index (Phi) is 6.62. The molecule has 4 aromatic heterocycles. The van der Waals surface area contributed by atoms with Crippen molar-refractivity contribution in [2.75, 3.05) is 0 Å². The van der Waals surface area contributed by atoms with E-state index in [0.717, 1.165) is 55.1 Å². The van der Waals surface area contributed by atoms with Gasteiger partial charge in [0, 0.05) is 42.1 Å². The topological polar surface area (TPSA) is 69.6 Å². The molecule has 0 atom stereocenters. The van der Waals surface area contributed by atoms with Crippen LogP contribution in [0.4, 0.5) is 0 Å². The Labute approximate surface area is 307 Å². The van der Waals surface area contributed by atoms with E-state index in [-0.39, 0.29) is 0 Å². The molecule has 0 aliphatic heterocycles. The summed E-state index contributed by atoms with van der Waals surface area (Å²) in [5, 5.41) is 4.75. The maximum absolute atomic E-state index is 6.50. The molecule has 0 N–H and O–H groups in total. The van der Waals surface area contributed by atoms with Gasteiger partial charge in [0.05, 0.1) is 16.6 Å². The molecule has 11 aromatic rings. The van der Waals surface area contributed by atoms with E-state index in [1.54, 1.807) is 11.3 Å². The average Bonchev–Trinajstić information content (AvgIpc) is 3.93. The molecule has 0 saturated heterocycles. The molecule has 7 heteroatoms. The molecule has 0 bridgehead atoms. The molecule has 0 radical (unpaired) electrons. The van der Waals surface area contributed by atoms with E-state index < -0.39 is 0 Å². The van der Waals surface area contributed by atoms with Crippen LogP contribution in [-0.4, -0.2) is 24.5 Å². The van der Waals surface area contributed by atoms with Gasteiger partial charge in [0.25, 0.3) is 0 Å². The first-order valence-electron chi connectivity index (χ1n) is 17.5. The van der Waals surface area contributed by atoms with Crippen molar-refractivity contribution in [1.29, 1.82) is 0 Å². The van der Waals surface area contributed by atoms with Gasteiger partial charge in [0.15, 0.2) is 17.2 Å². The molecule has 0 aliphatic carbocycles. The number of benzene rings is 7. The lowest BCUT2D eigenvalue weighted by atomic mass is 9.99. The number of thiophene rings is 1. The smallest absolute Gasteiger partial charge is 0.238 e. The highest BCUT2D eigenvalue weighted by Gasteiger charge is 2.22. The summed E-state index contributed by atoms with van der Waals surface area (Å²) in [5.74, 6) is 2.16. The van der Waals surface area contributed by atoms with Crippen LogP contribution in [0.5, 0.6) is 0 Å². The van der Waals surface area contributed by atoms with Gasteiger partial charge < -0.3 is 4.42 Å². The average molecular weight is 698 g/mol. The summed E-state index contributed by atoms with van der Waals surface area (Å²) in [7, 11) is 0. The van der Waals surface area contributed by atoms with Gasteiger partial charge >= 0.3 is 0 Å². The van der Waals surface area contributed by atoms with Crippen LogP contribution < -0.4 is 0 Å². The van der Waals surface area contributed by atoms with Crippen LogP contribution in [0.3, 0.4) is 0 Å². The lowest BCUT2D eigenvalue weighted by Crippen LogP contribution is -2.06. The SMILES string of the molecule is c1ccc(-c2nc3cccc(-c4nc(-c5ccc6c(c5)sc5ccccc56)nc(-n5c6ccccc6c6c(-c7ccccc7)cccc65)n4)c3o2)cc1.